The molecule has 2 fully saturated rings. The van der Waals surface area contributed by atoms with Gasteiger partial charge < -0.3 is 20.3 Å². The van der Waals surface area contributed by atoms with E-state index in [0.717, 1.165) is 26.2 Å². The van der Waals surface area contributed by atoms with Gasteiger partial charge in [0.2, 0.25) is 5.95 Å². The summed E-state index contributed by atoms with van der Waals surface area (Å²) in [7, 11) is 0. The van der Waals surface area contributed by atoms with Gasteiger partial charge in [0.1, 0.15) is 11.4 Å². The number of hydrogen-bond acceptors (Lipinski definition) is 6. The summed E-state index contributed by atoms with van der Waals surface area (Å²) in [5, 5.41) is 0. The van der Waals surface area contributed by atoms with Crippen LogP contribution in [0.5, 0.6) is 0 Å². The molecule has 1 amide bonds. The lowest BCUT2D eigenvalue weighted by atomic mass is 9.73. The molecular weight excluding hydrogens is 270 g/mol. The number of rotatable bonds is 1. The topological polar surface area (TPSA) is 84.6 Å². The van der Waals surface area contributed by atoms with Crippen molar-refractivity contribution in [1.82, 2.24) is 14.9 Å². The third-order valence-corrected chi connectivity index (χ3v) is 3.70. The third-order valence-electron chi connectivity index (χ3n) is 3.70. The first-order valence-electron chi connectivity index (χ1n) is 7.08. The van der Waals surface area contributed by atoms with Gasteiger partial charge in [0.05, 0.1) is 0 Å². The van der Waals surface area contributed by atoms with Gasteiger partial charge in [-0.2, -0.15) is 4.98 Å². The Kier molecular flexibility index (Phi) is 2.96. The van der Waals surface area contributed by atoms with Crippen molar-refractivity contribution in [3.05, 3.63) is 12.3 Å². The molecule has 0 saturated carbocycles. The molecular formula is C14H21N5O2. The van der Waals surface area contributed by atoms with Crippen LogP contribution < -0.4 is 10.6 Å². The maximum Gasteiger partial charge on any atom is 0.410 e. The lowest BCUT2D eigenvalue weighted by Crippen LogP contribution is -2.73. The number of likely N-dealkylation sites (tertiary alicyclic amines) is 1. The second-order valence-electron chi connectivity index (χ2n) is 6.97. The van der Waals surface area contributed by atoms with Crippen LogP contribution in [-0.2, 0) is 4.74 Å². The van der Waals surface area contributed by atoms with Crippen LogP contribution in [-0.4, -0.2) is 52.7 Å². The summed E-state index contributed by atoms with van der Waals surface area (Å²) in [6.07, 6.45) is 1.43. The summed E-state index contributed by atoms with van der Waals surface area (Å²) in [6.45, 7) is 8.82. The average Bonchev–Trinajstić information content (AvgIpc) is 2.22. The normalized spacial score (nSPS) is 20.0. The third kappa shape index (κ3) is 2.72. The highest BCUT2D eigenvalue weighted by molar-refractivity contribution is 5.70. The molecule has 2 aliphatic rings. The molecule has 7 nitrogen and oxygen atoms in total. The highest BCUT2D eigenvalue weighted by Gasteiger charge is 2.54. The van der Waals surface area contributed by atoms with Gasteiger partial charge in [-0.25, -0.2) is 9.78 Å². The second kappa shape index (κ2) is 4.47. The Morgan fingerprint density at radius 3 is 2.57 bits per heavy atom. The number of amides is 1. The van der Waals surface area contributed by atoms with Crippen molar-refractivity contribution in [2.75, 3.05) is 36.8 Å². The van der Waals surface area contributed by atoms with Crippen molar-refractivity contribution in [3.8, 4) is 0 Å². The highest BCUT2D eigenvalue weighted by atomic mass is 16.6. The number of nitrogen functional groups attached to an aromatic ring is 1. The fourth-order valence-electron chi connectivity index (χ4n) is 2.84. The van der Waals surface area contributed by atoms with E-state index in [2.05, 4.69) is 14.9 Å². The number of anilines is 2. The zero-order chi connectivity index (χ0) is 15.3. The predicted molar refractivity (Wildman–Crippen MR) is 78.9 cm³/mol. The van der Waals surface area contributed by atoms with Crippen molar-refractivity contribution >= 4 is 17.9 Å². The molecule has 7 heteroatoms. The summed E-state index contributed by atoms with van der Waals surface area (Å²) in [5.74, 6) is 1.14. The molecule has 1 aromatic rings. The highest BCUT2D eigenvalue weighted by Crippen LogP contribution is 2.41. The van der Waals surface area contributed by atoms with Crippen molar-refractivity contribution in [2.45, 2.75) is 26.4 Å². The van der Waals surface area contributed by atoms with Crippen molar-refractivity contribution in [2.24, 2.45) is 5.41 Å². The van der Waals surface area contributed by atoms with Crippen LogP contribution >= 0.6 is 0 Å². The first-order valence-corrected chi connectivity index (χ1v) is 7.08. The molecule has 3 heterocycles. The van der Waals surface area contributed by atoms with E-state index in [0.29, 0.717) is 11.8 Å². The molecule has 0 aromatic carbocycles. The predicted octanol–water partition coefficient (Wildman–Crippen LogP) is 1.12. The summed E-state index contributed by atoms with van der Waals surface area (Å²) in [5.41, 5.74) is 5.39. The van der Waals surface area contributed by atoms with Crippen molar-refractivity contribution in [1.29, 1.82) is 0 Å². The number of nitrogens with two attached hydrogens (primary N) is 1. The van der Waals surface area contributed by atoms with Gasteiger partial charge >= 0.3 is 6.09 Å². The quantitative estimate of drug-likeness (QED) is 0.834. The molecule has 1 aromatic heterocycles. The summed E-state index contributed by atoms with van der Waals surface area (Å²) < 4.78 is 5.36. The summed E-state index contributed by atoms with van der Waals surface area (Å²) in [6, 6.07) is 1.67. The van der Waals surface area contributed by atoms with E-state index in [1.807, 2.05) is 20.8 Å². The van der Waals surface area contributed by atoms with E-state index < -0.39 is 5.60 Å². The van der Waals surface area contributed by atoms with Gasteiger partial charge in [0.15, 0.2) is 0 Å². The number of aromatic nitrogens is 2. The van der Waals surface area contributed by atoms with Crippen LogP contribution in [0.4, 0.5) is 16.6 Å². The number of carbonyl (C=O) groups is 1. The molecule has 2 N–H and O–H groups in total. The maximum absolute atomic E-state index is 11.9. The van der Waals surface area contributed by atoms with Crippen LogP contribution in [0.2, 0.25) is 0 Å². The Morgan fingerprint density at radius 2 is 2.00 bits per heavy atom. The van der Waals surface area contributed by atoms with Crippen molar-refractivity contribution in [3.63, 3.8) is 0 Å². The first kappa shape index (κ1) is 13.9. The minimum absolute atomic E-state index is 0.171. The summed E-state index contributed by atoms with van der Waals surface area (Å²) >= 11 is 0. The van der Waals surface area contributed by atoms with E-state index in [4.69, 9.17) is 10.5 Å². The Morgan fingerprint density at radius 1 is 1.33 bits per heavy atom. The van der Waals surface area contributed by atoms with Crippen LogP contribution in [0, 0.1) is 5.41 Å². The number of carbonyl (C=O) groups excluding carboxylic acids is 1. The number of ether oxygens (including phenoxy) is 1. The van der Waals surface area contributed by atoms with E-state index in [-0.39, 0.29) is 11.5 Å². The zero-order valence-corrected chi connectivity index (χ0v) is 12.7. The van der Waals surface area contributed by atoms with E-state index in [1.54, 1.807) is 17.2 Å². The molecule has 1 spiro atoms. The maximum atomic E-state index is 11.9. The molecule has 2 aliphatic heterocycles. The molecule has 0 radical (unpaired) electrons. The molecule has 0 bridgehead atoms. The Hall–Kier alpha value is -2.05. The molecule has 0 aliphatic carbocycles. The average molecular weight is 291 g/mol. The lowest BCUT2D eigenvalue weighted by molar-refractivity contribution is -0.0456. The van der Waals surface area contributed by atoms with Gasteiger partial charge in [-0.05, 0) is 26.8 Å². The SMILES string of the molecule is CC(C)(C)OC(=O)N1CC2(C1)CN(c1nccc(N)n1)C2. The Labute approximate surface area is 124 Å². The molecule has 0 atom stereocenters. The van der Waals surface area contributed by atoms with Crippen molar-refractivity contribution < 1.29 is 9.53 Å². The molecule has 114 valence electrons. The van der Waals surface area contributed by atoms with Crippen LogP contribution in [0.1, 0.15) is 20.8 Å². The number of nitrogens with zero attached hydrogens (tertiary/aromatic N) is 4. The molecule has 2 saturated heterocycles. The standard InChI is InChI=1S/C14H21N5O2/c1-13(2,3)21-12(20)19-8-14(9-19)6-18(7-14)11-16-5-4-10(15)17-11/h4-5H,6-9H2,1-3H3,(H2,15,16,17). The van der Waals surface area contributed by atoms with Gasteiger partial charge in [0, 0.05) is 37.8 Å². The number of hydrogen-bond donors (Lipinski definition) is 1. The summed E-state index contributed by atoms with van der Waals surface area (Å²) in [4.78, 5) is 24.2. The van der Waals surface area contributed by atoms with Gasteiger partial charge in [-0.3, -0.25) is 0 Å². The fourth-order valence-corrected chi connectivity index (χ4v) is 2.84. The van der Waals surface area contributed by atoms with E-state index in [9.17, 15) is 4.79 Å². The van der Waals surface area contributed by atoms with E-state index in [1.165, 1.54) is 0 Å². The monoisotopic (exact) mass is 291 g/mol. The van der Waals surface area contributed by atoms with Gasteiger partial charge in [-0.1, -0.05) is 0 Å². The van der Waals surface area contributed by atoms with Crippen LogP contribution in [0.25, 0.3) is 0 Å². The minimum Gasteiger partial charge on any atom is -0.444 e. The largest absolute Gasteiger partial charge is 0.444 e. The smallest absolute Gasteiger partial charge is 0.410 e. The minimum atomic E-state index is -0.444. The van der Waals surface area contributed by atoms with Crippen LogP contribution in [0.15, 0.2) is 12.3 Å². The van der Waals surface area contributed by atoms with E-state index >= 15 is 0 Å². The van der Waals surface area contributed by atoms with Crippen LogP contribution in [0.3, 0.4) is 0 Å². The Balaban J connectivity index is 1.51. The first-order chi connectivity index (χ1) is 9.76. The zero-order valence-electron chi connectivity index (χ0n) is 12.7. The van der Waals surface area contributed by atoms with Gasteiger partial charge in [0.25, 0.3) is 0 Å². The van der Waals surface area contributed by atoms with Gasteiger partial charge in [-0.15, -0.1) is 0 Å². The second-order valence-corrected chi connectivity index (χ2v) is 6.97. The molecule has 21 heavy (non-hydrogen) atoms. The molecule has 0 unspecified atom stereocenters. The lowest BCUT2D eigenvalue weighted by Gasteiger charge is -2.59. The fraction of sp³-hybridized carbons (Fsp3) is 0.643. The Bertz CT molecular complexity index is 555. The molecule has 3 rings (SSSR count).